The van der Waals surface area contributed by atoms with E-state index in [0.29, 0.717) is 5.92 Å². The Bertz CT molecular complexity index is 931. The van der Waals surface area contributed by atoms with Gasteiger partial charge in [-0.2, -0.15) is 0 Å². The zero-order valence-corrected chi connectivity index (χ0v) is 18.3. The Labute approximate surface area is 184 Å². The minimum atomic E-state index is 0.447. The lowest BCUT2D eigenvalue weighted by atomic mass is 10.1. The second-order valence-electron chi connectivity index (χ2n) is 8.41. The second-order valence-corrected chi connectivity index (χ2v) is 8.41. The van der Waals surface area contributed by atoms with Gasteiger partial charge in [-0.25, -0.2) is 4.98 Å². The summed E-state index contributed by atoms with van der Waals surface area (Å²) < 4.78 is 5.48. The molecule has 1 aromatic heterocycles. The Morgan fingerprint density at radius 1 is 1.13 bits per heavy atom. The Hall–Kier alpha value is -2.51. The summed E-state index contributed by atoms with van der Waals surface area (Å²) in [5.74, 6) is 0.447. The van der Waals surface area contributed by atoms with Crippen LogP contribution in [0.3, 0.4) is 0 Å². The van der Waals surface area contributed by atoms with Crippen molar-refractivity contribution in [1.82, 2.24) is 9.97 Å². The van der Waals surface area contributed by atoms with Crippen LogP contribution in [0.15, 0.2) is 35.1 Å². The van der Waals surface area contributed by atoms with Gasteiger partial charge in [0.1, 0.15) is 0 Å². The molecular formula is C24H34N6O. The van der Waals surface area contributed by atoms with Gasteiger partial charge in [-0.15, -0.1) is 0 Å². The highest BCUT2D eigenvalue weighted by Gasteiger charge is 2.27. The fraction of sp³-hybridized carbons (Fsp3) is 0.542. The summed E-state index contributed by atoms with van der Waals surface area (Å²) >= 11 is 0. The average molecular weight is 423 g/mol. The minimum absolute atomic E-state index is 0.447. The van der Waals surface area contributed by atoms with Crippen molar-refractivity contribution in [1.29, 1.82) is 0 Å². The Balaban J connectivity index is 1.54. The van der Waals surface area contributed by atoms with Crippen LogP contribution in [0.4, 0.5) is 5.69 Å². The average Bonchev–Trinajstić information content (AvgIpc) is 3.66. The number of aliphatic imine (C=N–C) groups is 1. The van der Waals surface area contributed by atoms with Gasteiger partial charge in [0.05, 0.1) is 36.1 Å². The summed E-state index contributed by atoms with van der Waals surface area (Å²) in [7, 11) is 0. The van der Waals surface area contributed by atoms with Gasteiger partial charge < -0.3 is 21.1 Å². The normalized spacial score (nSPS) is 18.0. The molecule has 4 N–H and O–H groups in total. The van der Waals surface area contributed by atoms with E-state index >= 15 is 0 Å². The number of anilines is 1. The number of allylic oxidation sites excluding steroid dienone is 2. The molecule has 4 rings (SSSR count). The number of ether oxygens (including phenoxy) is 1. The van der Waals surface area contributed by atoms with E-state index in [4.69, 9.17) is 21.2 Å². The highest BCUT2D eigenvalue weighted by atomic mass is 16.5. The molecule has 0 atom stereocenters. The van der Waals surface area contributed by atoms with Gasteiger partial charge in [0.2, 0.25) is 0 Å². The fourth-order valence-electron chi connectivity index (χ4n) is 3.91. The number of benzene rings is 1. The highest BCUT2D eigenvalue weighted by molar-refractivity contribution is 6.10. The third kappa shape index (κ3) is 5.80. The van der Waals surface area contributed by atoms with E-state index in [-0.39, 0.29) is 0 Å². The van der Waals surface area contributed by atoms with E-state index in [9.17, 15) is 0 Å². The number of unbranched alkanes of at least 4 members (excludes halogenated alkanes) is 3. The number of fused-ring (bicyclic) bond motifs is 1. The lowest BCUT2D eigenvalue weighted by Crippen LogP contribution is -2.36. The maximum atomic E-state index is 6.51. The Morgan fingerprint density at radius 2 is 1.94 bits per heavy atom. The van der Waals surface area contributed by atoms with E-state index in [1.54, 1.807) is 0 Å². The predicted molar refractivity (Wildman–Crippen MR) is 127 cm³/mol. The third-order valence-electron chi connectivity index (χ3n) is 5.97. The molecule has 2 aromatic rings. The molecule has 1 saturated heterocycles. The molecule has 0 radical (unpaired) electrons. The van der Waals surface area contributed by atoms with Gasteiger partial charge in [-0.1, -0.05) is 12.8 Å². The molecule has 0 unspecified atom stereocenters. The van der Waals surface area contributed by atoms with Crippen molar-refractivity contribution in [3.05, 3.63) is 35.8 Å². The van der Waals surface area contributed by atoms with E-state index in [0.717, 1.165) is 105 Å². The summed E-state index contributed by atoms with van der Waals surface area (Å²) in [5.41, 5.74) is 17.6. The first-order chi connectivity index (χ1) is 15.3. The summed E-state index contributed by atoms with van der Waals surface area (Å²) in [6.07, 6.45) is 10.5. The quantitative estimate of drug-likeness (QED) is 0.450. The molecule has 2 heterocycles. The first-order valence-corrected chi connectivity index (χ1v) is 11.6. The van der Waals surface area contributed by atoms with Crippen LogP contribution in [0.25, 0.3) is 16.6 Å². The zero-order chi connectivity index (χ0) is 21.5. The SMILES string of the molecule is NCCCCCCN=CC(=C(N)C1CC1)c1cnc2ccc(N3CCOCC3)cc2n1. The zero-order valence-electron chi connectivity index (χ0n) is 18.3. The molecule has 1 aliphatic carbocycles. The van der Waals surface area contributed by atoms with E-state index in [1.165, 1.54) is 6.42 Å². The fourth-order valence-corrected chi connectivity index (χ4v) is 3.91. The number of morpholine rings is 1. The number of hydrogen-bond donors (Lipinski definition) is 2. The smallest absolute Gasteiger partial charge is 0.0925 e. The molecule has 31 heavy (non-hydrogen) atoms. The number of aromatic nitrogens is 2. The van der Waals surface area contributed by atoms with E-state index < -0.39 is 0 Å². The van der Waals surface area contributed by atoms with Crippen molar-refractivity contribution in [2.24, 2.45) is 22.4 Å². The van der Waals surface area contributed by atoms with Crippen LogP contribution in [0.1, 0.15) is 44.2 Å². The van der Waals surface area contributed by atoms with Gasteiger partial charge in [-0.05, 0) is 56.3 Å². The first kappa shape index (κ1) is 21.7. The molecule has 1 aliphatic heterocycles. The minimum Gasteiger partial charge on any atom is -0.401 e. The van der Waals surface area contributed by atoms with Crippen molar-refractivity contribution < 1.29 is 4.74 Å². The maximum Gasteiger partial charge on any atom is 0.0925 e. The van der Waals surface area contributed by atoms with E-state index in [1.807, 2.05) is 18.5 Å². The molecular weight excluding hydrogens is 388 g/mol. The number of rotatable bonds is 10. The monoisotopic (exact) mass is 422 g/mol. The van der Waals surface area contributed by atoms with Crippen LogP contribution in [0.5, 0.6) is 0 Å². The second kappa shape index (κ2) is 10.7. The molecule has 0 spiro atoms. The predicted octanol–water partition coefficient (Wildman–Crippen LogP) is 3.14. The maximum absolute atomic E-state index is 6.51. The van der Waals surface area contributed by atoms with Gasteiger partial charge >= 0.3 is 0 Å². The summed E-state index contributed by atoms with van der Waals surface area (Å²) in [5, 5.41) is 0. The molecule has 166 valence electrons. The molecule has 7 heteroatoms. The number of nitrogens with zero attached hydrogens (tertiary/aromatic N) is 4. The largest absolute Gasteiger partial charge is 0.401 e. The van der Waals surface area contributed by atoms with Crippen LogP contribution in [-0.2, 0) is 4.74 Å². The van der Waals surface area contributed by atoms with Crippen LogP contribution < -0.4 is 16.4 Å². The summed E-state index contributed by atoms with van der Waals surface area (Å²) in [4.78, 5) is 16.6. The summed E-state index contributed by atoms with van der Waals surface area (Å²) in [6, 6.07) is 6.28. The third-order valence-corrected chi connectivity index (χ3v) is 5.97. The van der Waals surface area contributed by atoms with E-state index in [2.05, 4.69) is 27.0 Å². The highest BCUT2D eigenvalue weighted by Crippen LogP contribution is 2.37. The van der Waals surface area contributed by atoms with Gasteiger partial charge in [0.15, 0.2) is 0 Å². The standard InChI is InChI=1S/C24H34N6O/c25-9-3-1-2-4-10-27-16-20(24(26)18-5-6-18)23-17-28-21-8-7-19(15-22(21)29-23)30-11-13-31-14-12-30/h7-8,15-18H,1-6,9-14,25-26H2. The van der Waals surface area contributed by atoms with Gasteiger partial charge in [-0.3, -0.25) is 9.98 Å². The van der Waals surface area contributed by atoms with Crippen molar-refractivity contribution in [2.45, 2.75) is 38.5 Å². The van der Waals surface area contributed by atoms with Crippen LogP contribution in [0.2, 0.25) is 0 Å². The molecule has 2 fully saturated rings. The lowest BCUT2D eigenvalue weighted by molar-refractivity contribution is 0.122. The van der Waals surface area contributed by atoms with Gasteiger partial charge in [0, 0.05) is 42.8 Å². The van der Waals surface area contributed by atoms with Gasteiger partial charge in [0.25, 0.3) is 0 Å². The first-order valence-electron chi connectivity index (χ1n) is 11.6. The topological polar surface area (TPSA) is 103 Å². The van der Waals surface area contributed by atoms with Crippen molar-refractivity contribution in [2.75, 3.05) is 44.3 Å². The van der Waals surface area contributed by atoms with Crippen molar-refractivity contribution in [3.63, 3.8) is 0 Å². The molecule has 1 aromatic carbocycles. The Morgan fingerprint density at radius 3 is 2.71 bits per heavy atom. The summed E-state index contributed by atoms with van der Waals surface area (Å²) in [6.45, 7) is 4.89. The van der Waals surface area contributed by atoms with Crippen LogP contribution >= 0.6 is 0 Å². The molecule has 7 nitrogen and oxygen atoms in total. The lowest BCUT2D eigenvalue weighted by Gasteiger charge is -2.28. The van der Waals surface area contributed by atoms with Crippen molar-refractivity contribution >= 4 is 28.5 Å². The van der Waals surface area contributed by atoms with Crippen LogP contribution in [0, 0.1) is 5.92 Å². The van der Waals surface area contributed by atoms with Crippen LogP contribution in [-0.4, -0.2) is 55.6 Å². The Kier molecular flexibility index (Phi) is 7.48. The number of hydrogen-bond acceptors (Lipinski definition) is 7. The molecule has 0 amide bonds. The molecule has 2 aliphatic rings. The molecule has 0 bridgehead atoms. The van der Waals surface area contributed by atoms with Crippen molar-refractivity contribution in [3.8, 4) is 0 Å². The number of nitrogens with two attached hydrogens (primary N) is 2. The molecule has 1 saturated carbocycles.